The van der Waals surface area contributed by atoms with Gasteiger partial charge in [0, 0.05) is 10.6 Å². The second-order valence-corrected chi connectivity index (χ2v) is 5.42. The number of rotatable bonds is 1. The van der Waals surface area contributed by atoms with E-state index in [-0.39, 0.29) is 11.6 Å². The first-order valence-corrected chi connectivity index (χ1v) is 6.83. The van der Waals surface area contributed by atoms with Crippen LogP contribution in [0.25, 0.3) is 0 Å². The molecule has 1 heterocycles. The molecule has 1 aliphatic rings. The number of carbonyl (C=O) groups is 1. The van der Waals surface area contributed by atoms with Crippen LogP contribution in [-0.2, 0) is 4.79 Å². The summed E-state index contributed by atoms with van der Waals surface area (Å²) in [4.78, 5) is 16.3. The molecule has 2 aromatic rings. The van der Waals surface area contributed by atoms with E-state index < -0.39 is 0 Å². The molecular formula is C14H7Cl3N2O. The summed E-state index contributed by atoms with van der Waals surface area (Å²) in [5.41, 5.74) is 1.93. The van der Waals surface area contributed by atoms with Crippen LogP contribution in [0.1, 0.15) is 5.56 Å². The van der Waals surface area contributed by atoms with Gasteiger partial charge in [0.2, 0.25) is 0 Å². The van der Waals surface area contributed by atoms with Gasteiger partial charge in [-0.25, -0.2) is 4.99 Å². The van der Waals surface area contributed by atoms with Crippen molar-refractivity contribution < 1.29 is 4.79 Å². The standard InChI is InChI=1S/C14H7Cl3N2O/c15-7-4-5-9(16)11(6-7)18-13-8-2-1-3-10(17)12(8)19-14(13)20/h1-6H,(H,18,19,20). The first-order chi connectivity index (χ1) is 9.56. The van der Waals surface area contributed by atoms with Crippen molar-refractivity contribution in [3.05, 3.63) is 57.0 Å². The highest BCUT2D eigenvalue weighted by molar-refractivity contribution is 6.56. The smallest absolute Gasteiger partial charge is 0.275 e. The van der Waals surface area contributed by atoms with E-state index in [1.807, 2.05) is 0 Å². The van der Waals surface area contributed by atoms with Crippen molar-refractivity contribution in [1.82, 2.24) is 0 Å². The number of hydrogen-bond donors (Lipinski definition) is 1. The van der Waals surface area contributed by atoms with Gasteiger partial charge in [-0.1, -0.05) is 46.9 Å². The molecule has 0 fully saturated rings. The SMILES string of the molecule is O=C1Nc2c(Cl)cccc2C1=Nc1cc(Cl)ccc1Cl. The third kappa shape index (κ3) is 2.29. The molecule has 0 spiro atoms. The van der Waals surface area contributed by atoms with Crippen LogP contribution < -0.4 is 5.32 Å². The van der Waals surface area contributed by atoms with Crippen LogP contribution in [0, 0.1) is 0 Å². The summed E-state index contributed by atoms with van der Waals surface area (Å²) in [6, 6.07) is 10.1. The summed E-state index contributed by atoms with van der Waals surface area (Å²) in [5, 5.41) is 4.08. The average molecular weight is 326 g/mol. The van der Waals surface area contributed by atoms with E-state index in [0.29, 0.717) is 32.0 Å². The minimum atomic E-state index is -0.316. The van der Waals surface area contributed by atoms with Crippen LogP contribution in [0.5, 0.6) is 0 Å². The Bertz CT molecular complexity index is 756. The molecule has 0 saturated carbocycles. The second-order valence-electron chi connectivity index (χ2n) is 4.17. The molecular weight excluding hydrogens is 319 g/mol. The molecule has 0 aliphatic carbocycles. The third-order valence-corrected chi connectivity index (χ3v) is 3.73. The molecule has 0 unspecified atom stereocenters. The second kappa shape index (κ2) is 5.09. The monoisotopic (exact) mass is 324 g/mol. The zero-order chi connectivity index (χ0) is 14.3. The molecule has 6 heteroatoms. The van der Waals surface area contributed by atoms with Crippen molar-refractivity contribution in [3.8, 4) is 0 Å². The number of nitrogens with zero attached hydrogens (tertiary/aromatic N) is 1. The normalized spacial score (nSPS) is 15.3. The molecule has 0 bridgehead atoms. The van der Waals surface area contributed by atoms with Crippen LogP contribution in [-0.4, -0.2) is 11.6 Å². The van der Waals surface area contributed by atoms with Crippen LogP contribution in [0.15, 0.2) is 41.4 Å². The van der Waals surface area contributed by atoms with Gasteiger partial charge in [0.15, 0.2) is 0 Å². The van der Waals surface area contributed by atoms with E-state index in [9.17, 15) is 4.79 Å². The van der Waals surface area contributed by atoms with Gasteiger partial charge in [-0.2, -0.15) is 0 Å². The van der Waals surface area contributed by atoms with E-state index in [0.717, 1.165) is 0 Å². The number of anilines is 1. The Morgan fingerprint density at radius 2 is 1.80 bits per heavy atom. The molecule has 2 aromatic carbocycles. The highest BCUT2D eigenvalue weighted by Gasteiger charge is 2.27. The molecule has 0 radical (unpaired) electrons. The maximum absolute atomic E-state index is 12.0. The van der Waals surface area contributed by atoms with Gasteiger partial charge in [0.1, 0.15) is 5.71 Å². The van der Waals surface area contributed by atoms with Gasteiger partial charge in [-0.3, -0.25) is 4.79 Å². The fourth-order valence-corrected chi connectivity index (χ4v) is 2.49. The zero-order valence-corrected chi connectivity index (χ0v) is 12.2. The Balaban J connectivity index is 2.16. The quantitative estimate of drug-likeness (QED) is 0.810. The maximum Gasteiger partial charge on any atom is 0.275 e. The largest absolute Gasteiger partial charge is 0.319 e. The first-order valence-electron chi connectivity index (χ1n) is 5.70. The number of para-hydroxylation sites is 1. The van der Waals surface area contributed by atoms with Crippen LogP contribution in [0.2, 0.25) is 15.1 Å². The average Bonchev–Trinajstić information content (AvgIpc) is 2.73. The summed E-state index contributed by atoms with van der Waals surface area (Å²) >= 11 is 18.0. The van der Waals surface area contributed by atoms with Gasteiger partial charge in [0.25, 0.3) is 5.91 Å². The Morgan fingerprint density at radius 3 is 2.60 bits per heavy atom. The molecule has 1 amide bonds. The lowest BCUT2D eigenvalue weighted by Crippen LogP contribution is -2.13. The number of benzene rings is 2. The fraction of sp³-hybridized carbons (Fsp3) is 0. The highest BCUT2D eigenvalue weighted by atomic mass is 35.5. The molecule has 100 valence electrons. The molecule has 1 N–H and O–H groups in total. The number of hydrogen-bond acceptors (Lipinski definition) is 2. The Labute approximate surface area is 130 Å². The maximum atomic E-state index is 12.0. The van der Waals surface area contributed by atoms with Crippen molar-refractivity contribution in [2.75, 3.05) is 5.32 Å². The zero-order valence-electron chi connectivity index (χ0n) is 9.95. The number of aliphatic imine (C=N–C) groups is 1. The predicted molar refractivity (Wildman–Crippen MR) is 82.7 cm³/mol. The summed E-state index contributed by atoms with van der Waals surface area (Å²) in [7, 11) is 0. The molecule has 0 atom stereocenters. The Kier molecular flexibility index (Phi) is 3.42. The van der Waals surface area contributed by atoms with Crippen molar-refractivity contribution in [2.45, 2.75) is 0 Å². The predicted octanol–water partition coefficient (Wildman–Crippen LogP) is 4.72. The fourth-order valence-electron chi connectivity index (χ4n) is 1.95. The number of amides is 1. The summed E-state index contributed by atoms with van der Waals surface area (Å²) in [6.07, 6.45) is 0. The summed E-state index contributed by atoms with van der Waals surface area (Å²) in [6.45, 7) is 0. The summed E-state index contributed by atoms with van der Waals surface area (Å²) < 4.78 is 0. The van der Waals surface area contributed by atoms with Crippen molar-refractivity contribution in [2.24, 2.45) is 4.99 Å². The van der Waals surface area contributed by atoms with E-state index >= 15 is 0 Å². The molecule has 3 rings (SSSR count). The van der Waals surface area contributed by atoms with Gasteiger partial charge >= 0.3 is 0 Å². The number of fused-ring (bicyclic) bond motifs is 1. The Hall–Kier alpha value is -1.55. The van der Waals surface area contributed by atoms with Gasteiger partial charge in [-0.05, 0) is 24.3 Å². The number of halogens is 3. The van der Waals surface area contributed by atoms with E-state index in [1.54, 1.807) is 36.4 Å². The number of carbonyl (C=O) groups excluding carboxylic acids is 1. The van der Waals surface area contributed by atoms with Crippen molar-refractivity contribution in [1.29, 1.82) is 0 Å². The topological polar surface area (TPSA) is 41.5 Å². The lowest BCUT2D eigenvalue weighted by atomic mass is 10.1. The van der Waals surface area contributed by atoms with Crippen molar-refractivity contribution >= 4 is 57.8 Å². The minimum Gasteiger partial charge on any atom is -0.319 e. The van der Waals surface area contributed by atoms with E-state index in [1.165, 1.54) is 0 Å². The minimum absolute atomic E-state index is 0.270. The lowest BCUT2D eigenvalue weighted by Gasteiger charge is -2.01. The van der Waals surface area contributed by atoms with E-state index in [2.05, 4.69) is 10.3 Å². The summed E-state index contributed by atoms with van der Waals surface area (Å²) in [5.74, 6) is -0.316. The van der Waals surface area contributed by atoms with Gasteiger partial charge < -0.3 is 5.32 Å². The first kappa shape index (κ1) is 13.4. The molecule has 0 saturated heterocycles. The van der Waals surface area contributed by atoms with Gasteiger partial charge in [-0.15, -0.1) is 0 Å². The van der Waals surface area contributed by atoms with Crippen LogP contribution in [0.4, 0.5) is 11.4 Å². The molecule has 20 heavy (non-hydrogen) atoms. The third-order valence-electron chi connectivity index (χ3n) is 2.86. The van der Waals surface area contributed by atoms with Crippen LogP contribution in [0.3, 0.4) is 0 Å². The molecule has 1 aliphatic heterocycles. The molecule has 3 nitrogen and oxygen atoms in total. The Morgan fingerprint density at radius 1 is 1.00 bits per heavy atom. The number of nitrogens with one attached hydrogen (secondary N) is 1. The van der Waals surface area contributed by atoms with E-state index in [4.69, 9.17) is 34.8 Å². The molecule has 0 aromatic heterocycles. The highest BCUT2D eigenvalue weighted by Crippen LogP contribution is 2.34. The lowest BCUT2D eigenvalue weighted by molar-refractivity contribution is -0.110. The van der Waals surface area contributed by atoms with Gasteiger partial charge in [0.05, 0.1) is 21.4 Å². The van der Waals surface area contributed by atoms with Crippen LogP contribution >= 0.6 is 34.8 Å². The van der Waals surface area contributed by atoms with Crippen molar-refractivity contribution in [3.63, 3.8) is 0 Å².